The van der Waals surface area contributed by atoms with E-state index in [9.17, 15) is 14.7 Å². The molecule has 7 heteroatoms. The molecule has 7 nitrogen and oxygen atoms in total. The number of hydrogen-bond acceptors (Lipinski definition) is 6. The SMILES string of the molecule is COCCCN1C(=O)C(=O)/C(=C(/O)c2ccc(OCc3ccccc3)cc2C)[C@H]1c1cccc(Oc2ccccc2)c1. The summed E-state index contributed by atoms with van der Waals surface area (Å²) < 4.78 is 17.2. The molecule has 1 aliphatic heterocycles. The van der Waals surface area contributed by atoms with Crippen molar-refractivity contribution in [2.75, 3.05) is 20.3 Å². The summed E-state index contributed by atoms with van der Waals surface area (Å²) in [5, 5.41) is 11.6. The number of hydrogen-bond donors (Lipinski definition) is 1. The molecule has 1 aliphatic rings. The van der Waals surface area contributed by atoms with Gasteiger partial charge < -0.3 is 24.2 Å². The van der Waals surface area contributed by atoms with E-state index in [1.807, 2.05) is 91.9 Å². The highest BCUT2D eigenvalue weighted by molar-refractivity contribution is 6.46. The maximum atomic E-state index is 13.5. The van der Waals surface area contributed by atoms with E-state index in [1.165, 1.54) is 4.90 Å². The summed E-state index contributed by atoms with van der Waals surface area (Å²) in [6, 6.07) is 30.9. The van der Waals surface area contributed by atoms with Crippen molar-refractivity contribution in [1.82, 2.24) is 4.90 Å². The lowest BCUT2D eigenvalue weighted by atomic mass is 9.93. The molecule has 4 aromatic rings. The summed E-state index contributed by atoms with van der Waals surface area (Å²) >= 11 is 0. The Morgan fingerprint density at radius 3 is 2.26 bits per heavy atom. The monoisotopic (exact) mass is 563 g/mol. The van der Waals surface area contributed by atoms with Gasteiger partial charge in [0.15, 0.2) is 0 Å². The van der Waals surface area contributed by atoms with Crippen LogP contribution in [-0.2, 0) is 20.9 Å². The summed E-state index contributed by atoms with van der Waals surface area (Å²) in [6.07, 6.45) is 0.534. The number of carbonyl (C=O) groups is 2. The van der Waals surface area contributed by atoms with Crippen LogP contribution >= 0.6 is 0 Å². The maximum Gasteiger partial charge on any atom is 0.295 e. The summed E-state index contributed by atoms with van der Waals surface area (Å²) in [6.45, 7) is 2.95. The average Bonchev–Trinajstić information content (AvgIpc) is 3.26. The van der Waals surface area contributed by atoms with E-state index in [0.29, 0.717) is 53.6 Å². The topological polar surface area (TPSA) is 85.3 Å². The van der Waals surface area contributed by atoms with Gasteiger partial charge in [0.25, 0.3) is 11.7 Å². The van der Waals surface area contributed by atoms with Gasteiger partial charge in [-0.15, -0.1) is 0 Å². The Morgan fingerprint density at radius 2 is 1.55 bits per heavy atom. The lowest BCUT2D eigenvalue weighted by molar-refractivity contribution is -0.140. The summed E-state index contributed by atoms with van der Waals surface area (Å²) in [4.78, 5) is 28.3. The van der Waals surface area contributed by atoms with E-state index >= 15 is 0 Å². The number of rotatable bonds is 11. The number of likely N-dealkylation sites (tertiary alicyclic amines) is 1. The minimum atomic E-state index is -0.797. The van der Waals surface area contributed by atoms with Crippen LogP contribution < -0.4 is 9.47 Å². The molecule has 0 unspecified atom stereocenters. The molecule has 5 rings (SSSR count). The van der Waals surface area contributed by atoms with Gasteiger partial charge in [0, 0.05) is 25.8 Å². The minimum absolute atomic E-state index is 0.0373. The smallest absolute Gasteiger partial charge is 0.295 e. The molecule has 1 N–H and O–H groups in total. The van der Waals surface area contributed by atoms with Gasteiger partial charge in [-0.1, -0.05) is 60.7 Å². The number of para-hydroxylation sites is 1. The molecule has 42 heavy (non-hydrogen) atoms. The van der Waals surface area contributed by atoms with Gasteiger partial charge in [0.05, 0.1) is 11.6 Å². The van der Waals surface area contributed by atoms with Gasteiger partial charge in [-0.3, -0.25) is 9.59 Å². The van der Waals surface area contributed by atoms with E-state index in [0.717, 1.165) is 5.56 Å². The minimum Gasteiger partial charge on any atom is -0.507 e. The lowest BCUT2D eigenvalue weighted by Crippen LogP contribution is -2.31. The van der Waals surface area contributed by atoms with Crippen LogP contribution in [0, 0.1) is 6.92 Å². The highest BCUT2D eigenvalue weighted by atomic mass is 16.5. The van der Waals surface area contributed by atoms with Crippen LogP contribution in [0.2, 0.25) is 0 Å². The third-order valence-corrected chi connectivity index (χ3v) is 7.14. The molecule has 0 aromatic heterocycles. The normalized spacial score (nSPS) is 16.0. The average molecular weight is 564 g/mol. The predicted molar refractivity (Wildman–Crippen MR) is 160 cm³/mol. The predicted octanol–water partition coefficient (Wildman–Crippen LogP) is 6.82. The van der Waals surface area contributed by atoms with Crippen LogP contribution in [0.1, 0.15) is 34.7 Å². The van der Waals surface area contributed by atoms with Crippen molar-refractivity contribution in [3.05, 3.63) is 131 Å². The highest BCUT2D eigenvalue weighted by Gasteiger charge is 2.46. The fourth-order valence-electron chi connectivity index (χ4n) is 5.09. The Bertz CT molecular complexity index is 1580. The van der Waals surface area contributed by atoms with Crippen LogP contribution in [0.25, 0.3) is 5.76 Å². The van der Waals surface area contributed by atoms with Crippen LogP contribution in [0.3, 0.4) is 0 Å². The van der Waals surface area contributed by atoms with Crippen LogP contribution in [0.5, 0.6) is 17.2 Å². The summed E-state index contributed by atoms with van der Waals surface area (Å²) in [5.41, 5.74) is 2.90. The second-order valence-electron chi connectivity index (χ2n) is 10.1. The molecule has 0 bridgehead atoms. The fraction of sp³-hybridized carbons (Fsp3) is 0.200. The van der Waals surface area contributed by atoms with Crippen molar-refractivity contribution < 1.29 is 28.9 Å². The second-order valence-corrected chi connectivity index (χ2v) is 10.1. The quantitative estimate of drug-likeness (QED) is 0.0933. The number of benzene rings is 4. The van der Waals surface area contributed by atoms with Crippen LogP contribution in [0.4, 0.5) is 0 Å². The number of ketones is 1. The van der Waals surface area contributed by atoms with Crippen LogP contribution in [0.15, 0.2) is 109 Å². The molecule has 0 saturated carbocycles. The number of methoxy groups -OCH3 is 1. The second kappa shape index (κ2) is 13.2. The lowest BCUT2D eigenvalue weighted by Gasteiger charge is -2.25. The van der Waals surface area contributed by atoms with Crippen molar-refractivity contribution in [1.29, 1.82) is 0 Å². The molecule has 214 valence electrons. The standard InChI is InChI=1S/C35H33NO6/c1-24-21-28(41-23-25-11-5-3-6-12-25)17-18-30(24)33(37)31-32(36(19-10-20-40-2)35(39)34(31)38)26-13-9-16-29(22-26)42-27-14-7-4-8-15-27/h3-9,11-18,21-22,32,37H,10,19-20,23H2,1-2H3/b33-31+/t32-/m1/s1. The van der Waals surface area contributed by atoms with E-state index in [4.69, 9.17) is 14.2 Å². The molecule has 1 fully saturated rings. The van der Waals surface area contributed by atoms with Gasteiger partial charge in [-0.2, -0.15) is 0 Å². The molecular formula is C35H33NO6. The molecular weight excluding hydrogens is 530 g/mol. The van der Waals surface area contributed by atoms with Crippen molar-refractivity contribution >= 4 is 17.4 Å². The molecule has 1 amide bonds. The Balaban J connectivity index is 1.50. The van der Waals surface area contributed by atoms with Crippen molar-refractivity contribution in [3.8, 4) is 17.2 Å². The molecule has 0 aliphatic carbocycles. The van der Waals surface area contributed by atoms with Crippen molar-refractivity contribution in [2.24, 2.45) is 0 Å². The first-order valence-corrected chi connectivity index (χ1v) is 13.8. The first-order chi connectivity index (χ1) is 20.5. The largest absolute Gasteiger partial charge is 0.507 e. The Hall–Kier alpha value is -4.88. The number of ether oxygens (including phenoxy) is 3. The van der Waals surface area contributed by atoms with Crippen LogP contribution in [-0.4, -0.2) is 42.0 Å². The zero-order chi connectivity index (χ0) is 29.5. The van der Waals surface area contributed by atoms with Crippen molar-refractivity contribution in [2.45, 2.75) is 26.0 Å². The number of aryl methyl sites for hydroxylation is 1. The van der Waals surface area contributed by atoms with E-state index in [-0.39, 0.29) is 17.9 Å². The Labute approximate surface area is 245 Å². The fourth-order valence-corrected chi connectivity index (χ4v) is 5.09. The van der Waals surface area contributed by atoms with Gasteiger partial charge in [-0.25, -0.2) is 0 Å². The molecule has 0 spiro atoms. The van der Waals surface area contributed by atoms with E-state index < -0.39 is 17.7 Å². The van der Waals surface area contributed by atoms with Gasteiger partial charge in [-0.05, 0) is 72.5 Å². The highest BCUT2D eigenvalue weighted by Crippen LogP contribution is 2.41. The Kier molecular flexibility index (Phi) is 8.99. The first-order valence-electron chi connectivity index (χ1n) is 13.8. The zero-order valence-electron chi connectivity index (χ0n) is 23.7. The number of aliphatic hydroxyl groups is 1. The van der Waals surface area contributed by atoms with Gasteiger partial charge >= 0.3 is 0 Å². The first kappa shape index (κ1) is 28.6. The number of aliphatic hydroxyl groups excluding tert-OH is 1. The molecule has 1 heterocycles. The third kappa shape index (κ3) is 6.37. The maximum absolute atomic E-state index is 13.5. The summed E-state index contributed by atoms with van der Waals surface area (Å²) in [7, 11) is 1.59. The Morgan fingerprint density at radius 1 is 0.833 bits per heavy atom. The van der Waals surface area contributed by atoms with E-state index in [1.54, 1.807) is 25.3 Å². The van der Waals surface area contributed by atoms with E-state index in [2.05, 4.69) is 0 Å². The molecule has 4 aromatic carbocycles. The number of carbonyl (C=O) groups excluding carboxylic acids is 2. The number of amides is 1. The van der Waals surface area contributed by atoms with Gasteiger partial charge in [0.1, 0.15) is 29.6 Å². The van der Waals surface area contributed by atoms with Crippen molar-refractivity contribution in [3.63, 3.8) is 0 Å². The third-order valence-electron chi connectivity index (χ3n) is 7.14. The number of nitrogens with zero attached hydrogens (tertiary/aromatic N) is 1. The molecule has 0 radical (unpaired) electrons. The number of Topliss-reactive ketones (excluding diaryl/α,β-unsaturated/α-hetero) is 1. The van der Waals surface area contributed by atoms with Gasteiger partial charge in [0.2, 0.25) is 0 Å². The molecule has 1 atom stereocenters. The summed E-state index contributed by atoms with van der Waals surface area (Å²) in [5.74, 6) is 0.233. The zero-order valence-corrected chi connectivity index (χ0v) is 23.7. The molecule has 1 saturated heterocycles.